The summed E-state index contributed by atoms with van der Waals surface area (Å²) in [5.74, 6) is -0.337. The van der Waals surface area contributed by atoms with E-state index in [1.165, 1.54) is 13.0 Å². The van der Waals surface area contributed by atoms with Crippen molar-refractivity contribution in [2.75, 3.05) is 5.32 Å². The van der Waals surface area contributed by atoms with Gasteiger partial charge in [-0.2, -0.15) is 0 Å². The second-order valence-electron chi connectivity index (χ2n) is 4.05. The summed E-state index contributed by atoms with van der Waals surface area (Å²) in [4.78, 5) is 29.0. The lowest BCUT2D eigenvalue weighted by Gasteiger charge is -2.18. The summed E-state index contributed by atoms with van der Waals surface area (Å²) in [5, 5.41) is 2.58. The molecule has 19 heavy (non-hydrogen) atoms. The Bertz CT molecular complexity index is 523. The molecule has 3 N–H and O–H groups in total. The van der Waals surface area contributed by atoms with Crippen molar-refractivity contribution in [2.24, 2.45) is 0 Å². The van der Waals surface area contributed by atoms with E-state index < -0.39 is 7.82 Å². The highest BCUT2D eigenvalue weighted by Crippen LogP contribution is 2.43. The molecule has 0 fully saturated rings. The average molecular weight is 287 g/mol. The number of hydrogen-bond donors (Lipinski definition) is 3. The average Bonchev–Trinajstić information content (AvgIpc) is 2.28. The van der Waals surface area contributed by atoms with E-state index in [9.17, 15) is 9.36 Å². The fraction of sp³-hybridized carbons (Fsp3) is 0.417. The first-order valence-electron chi connectivity index (χ1n) is 5.96. The molecule has 0 radical (unpaired) electrons. The molecular formula is C12H18NO5P. The Labute approximate surface area is 112 Å². The maximum atomic E-state index is 11.2. The number of anilines is 1. The lowest BCUT2D eigenvalue weighted by molar-refractivity contribution is -0.114. The van der Waals surface area contributed by atoms with Gasteiger partial charge in [-0.3, -0.25) is 14.6 Å². The van der Waals surface area contributed by atoms with Crippen LogP contribution < -0.4 is 9.84 Å². The number of benzene rings is 1. The number of amides is 1. The lowest BCUT2D eigenvalue weighted by atomic mass is 10.00. The molecule has 0 aliphatic carbocycles. The van der Waals surface area contributed by atoms with Crippen LogP contribution >= 0.6 is 7.82 Å². The SMILES string of the molecule is CCc1ccc(OP(=O)(O)O)c(NC(C)=O)c1CC. The predicted octanol–water partition coefficient (Wildman–Crippen LogP) is 2.24. The molecule has 7 heteroatoms. The minimum Gasteiger partial charge on any atom is -0.402 e. The van der Waals surface area contributed by atoms with Crippen LogP contribution in [0.3, 0.4) is 0 Å². The van der Waals surface area contributed by atoms with Crippen LogP contribution in [-0.4, -0.2) is 15.7 Å². The molecule has 0 bridgehead atoms. The van der Waals surface area contributed by atoms with Crippen LogP contribution in [0.4, 0.5) is 5.69 Å². The normalized spacial score (nSPS) is 11.2. The maximum Gasteiger partial charge on any atom is 0.524 e. The Hall–Kier alpha value is -1.36. The van der Waals surface area contributed by atoms with Gasteiger partial charge in [0, 0.05) is 6.92 Å². The van der Waals surface area contributed by atoms with Gasteiger partial charge in [0.1, 0.15) is 0 Å². The molecule has 1 rings (SSSR count). The van der Waals surface area contributed by atoms with E-state index in [0.717, 1.165) is 17.5 Å². The maximum absolute atomic E-state index is 11.2. The van der Waals surface area contributed by atoms with Crippen molar-refractivity contribution < 1.29 is 23.7 Å². The summed E-state index contributed by atoms with van der Waals surface area (Å²) in [6, 6.07) is 3.21. The van der Waals surface area contributed by atoms with E-state index in [0.29, 0.717) is 12.1 Å². The van der Waals surface area contributed by atoms with Crippen LogP contribution in [0.5, 0.6) is 5.75 Å². The number of nitrogens with one attached hydrogen (secondary N) is 1. The van der Waals surface area contributed by atoms with Crippen LogP contribution in [0.25, 0.3) is 0 Å². The molecule has 0 heterocycles. The Kier molecular flexibility index (Phi) is 5.11. The molecule has 0 aromatic heterocycles. The number of phosphoric acid groups is 1. The number of aryl methyl sites for hydroxylation is 1. The van der Waals surface area contributed by atoms with Crippen molar-refractivity contribution in [2.45, 2.75) is 33.6 Å². The molecule has 0 spiro atoms. The first-order chi connectivity index (χ1) is 8.78. The van der Waals surface area contributed by atoms with Gasteiger partial charge in [-0.1, -0.05) is 19.9 Å². The fourth-order valence-electron chi connectivity index (χ4n) is 1.92. The van der Waals surface area contributed by atoms with E-state index in [2.05, 4.69) is 9.84 Å². The second-order valence-corrected chi connectivity index (χ2v) is 5.21. The number of carbonyl (C=O) groups is 1. The quantitative estimate of drug-likeness (QED) is 0.722. The molecule has 0 aliphatic heterocycles. The molecule has 0 unspecified atom stereocenters. The van der Waals surface area contributed by atoms with Crippen molar-refractivity contribution in [3.8, 4) is 5.75 Å². The zero-order valence-electron chi connectivity index (χ0n) is 11.1. The first-order valence-corrected chi connectivity index (χ1v) is 7.49. The standard InChI is InChI=1S/C12H18NO5P/c1-4-9-6-7-11(18-19(15,16)17)12(10(9)5-2)13-8(3)14/h6-7H,4-5H2,1-3H3,(H,13,14)(H2,15,16,17). The highest BCUT2D eigenvalue weighted by molar-refractivity contribution is 7.46. The number of carbonyl (C=O) groups excluding carboxylic acids is 1. The third-order valence-corrected chi connectivity index (χ3v) is 3.06. The lowest BCUT2D eigenvalue weighted by Crippen LogP contribution is -2.11. The molecule has 1 amide bonds. The Morgan fingerprint density at radius 1 is 1.32 bits per heavy atom. The minimum absolute atomic E-state index is 0.0161. The first kappa shape index (κ1) is 15.7. The van der Waals surface area contributed by atoms with Crippen molar-refractivity contribution in [3.05, 3.63) is 23.3 Å². The van der Waals surface area contributed by atoms with Crippen LogP contribution in [0, 0.1) is 0 Å². The van der Waals surface area contributed by atoms with Gasteiger partial charge in [0.15, 0.2) is 5.75 Å². The van der Waals surface area contributed by atoms with Crippen LogP contribution in [0.1, 0.15) is 31.9 Å². The van der Waals surface area contributed by atoms with Gasteiger partial charge in [-0.15, -0.1) is 0 Å². The summed E-state index contributed by atoms with van der Waals surface area (Å²) < 4.78 is 15.6. The smallest absolute Gasteiger partial charge is 0.402 e. The fourth-order valence-corrected chi connectivity index (χ4v) is 2.33. The third kappa shape index (κ3) is 4.35. The summed E-state index contributed by atoms with van der Waals surface area (Å²) in [6.45, 7) is 5.20. The summed E-state index contributed by atoms with van der Waals surface area (Å²) in [7, 11) is -4.66. The number of hydrogen-bond acceptors (Lipinski definition) is 3. The molecule has 0 aliphatic rings. The van der Waals surface area contributed by atoms with Crippen LogP contribution in [0.15, 0.2) is 12.1 Å². The van der Waals surface area contributed by atoms with Gasteiger partial charge in [0.05, 0.1) is 5.69 Å². The van der Waals surface area contributed by atoms with Gasteiger partial charge in [-0.25, -0.2) is 4.57 Å². The van der Waals surface area contributed by atoms with Gasteiger partial charge in [0.2, 0.25) is 5.91 Å². The minimum atomic E-state index is -4.66. The number of rotatable bonds is 5. The zero-order chi connectivity index (χ0) is 14.6. The Morgan fingerprint density at radius 2 is 1.95 bits per heavy atom. The van der Waals surface area contributed by atoms with Gasteiger partial charge in [-0.05, 0) is 30.0 Å². The highest BCUT2D eigenvalue weighted by atomic mass is 31.2. The summed E-state index contributed by atoms with van der Waals surface area (Å²) in [5.41, 5.74) is 2.16. The van der Waals surface area contributed by atoms with E-state index in [-0.39, 0.29) is 11.7 Å². The van der Waals surface area contributed by atoms with Crippen LogP contribution in [-0.2, 0) is 22.2 Å². The Balaban J connectivity index is 3.37. The molecule has 106 valence electrons. The second kappa shape index (κ2) is 6.19. The molecule has 0 saturated heterocycles. The van der Waals surface area contributed by atoms with E-state index in [1.807, 2.05) is 13.8 Å². The topological polar surface area (TPSA) is 95.9 Å². The molecule has 1 aromatic rings. The largest absolute Gasteiger partial charge is 0.524 e. The van der Waals surface area contributed by atoms with Crippen molar-refractivity contribution in [1.29, 1.82) is 0 Å². The highest BCUT2D eigenvalue weighted by Gasteiger charge is 2.21. The molecule has 0 saturated carbocycles. The van der Waals surface area contributed by atoms with E-state index >= 15 is 0 Å². The van der Waals surface area contributed by atoms with E-state index in [4.69, 9.17) is 9.79 Å². The monoisotopic (exact) mass is 287 g/mol. The van der Waals surface area contributed by atoms with Gasteiger partial charge >= 0.3 is 7.82 Å². The summed E-state index contributed by atoms with van der Waals surface area (Å²) in [6.07, 6.45) is 1.38. The third-order valence-electron chi connectivity index (χ3n) is 2.62. The number of phosphoric ester groups is 1. The van der Waals surface area contributed by atoms with Crippen molar-refractivity contribution in [3.63, 3.8) is 0 Å². The van der Waals surface area contributed by atoms with Crippen molar-refractivity contribution >= 4 is 19.4 Å². The Morgan fingerprint density at radius 3 is 2.37 bits per heavy atom. The van der Waals surface area contributed by atoms with Crippen molar-refractivity contribution in [1.82, 2.24) is 0 Å². The molecular weight excluding hydrogens is 269 g/mol. The predicted molar refractivity (Wildman–Crippen MR) is 72.2 cm³/mol. The zero-order valence-corrected chi connectivity index (χ0v) is 12.0. The summed E-state index contributed by atoms with van der Waals surface area (Å²) >= 11 is 0. The van der Waals surface area contributed by atoms with Gasteiger partial charge < -0.3 is 9.84 Å². The van der Waals surface area contributed by atoms with E-state index in [1.54, 1.807) is 6.07 Å². The molecule has 0 atom stereocenters. The van der Waals surface area contributed by atoms with Crippen LogP contribution in [0.2, 0.25) is 0 Å². The van der Waals surface area contributed by atoms with Gasteiger partial charge in [0.25, 0.3) is 0 Å². The molecule has 6 nitrogen and oxygen atoms in total. The molecule has 1 aromatic carbocycles.